The van der Waals surface area contributed by atoms with E-state index in [-0.39, 0.29) is 17.3 Å². The van der Waals surface area contributed by atoms with Crippen molar-refractivity contribution in [2.75, 3.05) is 25.1 Å². The summed E-state index contributed by atoms with van der Waals surface area (Å²) in [6.45, 7) is 6.22. The molecule has 1 fully saturated rings. The van der Waals surface area contributed by atoms with Gasteiger partial charge in [-0.3, -0.25) is 4.90 Å². The molecule has 6 heteroatoms. The molecule has 0 spiro atoms. The third kappa shape index (κ3) is 3.87. The summed E-state index contributed by atoms with van der Waals surface area (Å²) in [6.07, 6.45) is 2.17. The SMILES string of the molecule is Cc1cc(C)c2oc(=O)cc(CN3CCC(CS(C)(=O)=O)C3)c2c1. The Labute approximate surface area is 142 Å². The molecule has 1 atom stereocenters. The van der Waals surface area contributed by atoms with Gasteiger partial charge in [-0.2, -0.15) is 0 Å². The Balaban J connectivity index is 1.87. The van der Waals surface area contributed by atoms with Crippen LogP contribution in [0.4, 0.5) is 0 Å². The monoisotopic (exact) mass is 349 g/mol. The van der Waals surface area contributed by atoms with E-state index in [1.54, 1.807) is 6.07 Å². The molecular formula is C18H23NO4S. The van der Waals surface area contributed by atoms with Gasteiger partial charge in [-0.05, 0) is 55.5 Å². The molecule has 130 valence electrons. The lowest BCUT2D eigenvalue weighted by Crippen LogP contribution is -2.23. The summed E-state index contributed by atoms with van der Waals surface area (Å²) in [7, 11) is -2.95. The summed E-state index contributed by atoms with van der Waals surface area (Å²) < 4.78 is 28.3. The van der Waals surface area contributed by atoms with Crippen molar-refractivity contribution < 1.29 is 12.8 Å². The molecule has 1 aromatic heterocycles. The van der Waals surface area contributed by atoms with Crippen LogP contribution in [0, 0.1) is 19.8 Å². The van der Waals surface area contributed by atoms with E-state index in [2.05, 4.69) is 4.90 Å². The summed E-state index contributed by atoms with van der Waals surface area (Å²) in [5.74, 6) is 0.411. The second kappa shape index (κ2) is 6.33. The van der Waals surface area contributed by atoms with Crippen LogP contribution in [0.25, 0.3) is 11.0 Å². The minimum atomic E-state index is -2.95. The maximum atomic E-state index is 11.9. The molecule has 0 bridgehead atoms. The molecule has 2 aromatic rings. The van der Waals surface area contributed by atoms with Gasteiger partial charge in [0.2, 0.25) is 0 Å². The first-order chi connectivity index (χ1) is 11.2. The van der Waals surface area contributed by atoms with Gasteiger partial charge in [0, 0.05) is 30.8 Å². The van der Waals surface area contributed by atoms with E-state index >= 15 is 0 Å². The van der Waals surface area contributed by atoms with E-state index in [4.69, 9.17) is 4.42 Å². The number of fused-ring (bicyclic) bond motifs is 1. The predicted molar refractivity (Wildman–Crippen MR) is 95.1 cm³/mol. The van der Waals surface area contributed by atoms with E-state index in [9.17, 15) is 13.2 Å². The number of nitrogens with zero attached hydrogens (tertiary/aromatic N) is 1. The standard InChI is InChI=1S/C18H23NO4S/c1-12-6-13(2)18-16(7-12)15(8-17(20)23-18)10-19-5-4-14(9-19)11-24(3,21)22/h6-8,14H,4-5,9-11H2,1-3H3. The van der Waals surface area contributed by atoms with Crippen LogP contribution in [0.5, 0.6) is 0 Å². The van der Waals surface area contributed by atoms with Crippen LogP contribution in [0.2, 0.25) is 0 Å². The molecule has 0 saturated carbocycles. The van der Waals surface area contributed by atoms with Gasteiger partial charge in [0.15, 0.2) is 0 Å². The normalized spacial score (nSPS) is 19.2. The molecule has 1 aliphatic heterocycles. The molecule has 1 saturated heterocycles. The van der Waals surface area contributed by atoms with Crippen molar-refractivity contribution in [2.45, 2.75) is 26.8 Å². The van der Waals surface area contributed by atoms with Gasteiger partial charge in [0.25, 0.3) is 0 Å². The molecule has 24 heavy (non-hydrogen) atoms. The fraction of sp³-hybridized carbons (Fsp3) is 0.500. The molecule has 1 aromatic carbocycles. The average Bonchev–Trinajstić information content (AvgIpc) is 2.85. The lowest BCUT2D eigenvalue weighted by molar-refractivity contribution is 0.321. The molecule has 0 aliphatic carbocycles. The Hall–Kier alpha value is -1.66. The molecule has 0 amide bonds. The topological polar surface area (TPSA) is 67.6 Å². The Kier molecular flexibility index (Phi) is 4.53. The van der Waals surface area contributed by atoms with Crippen molar-refractivity contribution in [3.8, 4) is 0 Å². The second-order valence-electron chi connectivity index (χ2n) is 7.03. The Morgan fingerprint density at radius 2 is 2.00 bits per heavy atom. The van der Waals surface area contributed by atoms with Crippen LogP contribution >= 0.6 is 0 Å². The summed E-state index contributed by atoms with van der Waals surface area (Å²) in [5, 5.41) is 0.971. The number of sulfone groups is 1. The molecule has 3 rings (SSSR count). The number of benzene rings is 1. The van der Waals surface area contributed by atoms with Crippen LogP contribution in [-0.2, 0) is 16.4 Å². The molecule has 0 N–H and O–H groups in total. The first-order valence-electron chi connectivity index (χ1n) is 8.15. The molecule has 1 unspecified atom stereocenters. The minimum absolute atomic E-state index is 0.176. The number of aryl methyl sites for hydroxylation is 2. The fourth-order valence-corrected chi connectivity index (χ4v) is 4.80. The van der Waals surface area contributed by atoms with E-state index < -0.39 is 9.84 Å². The van der Waals surface area contributed by atoms with Crippen molar-refractivity contribution in [2.24, 2.45) is 5.92 Å². The molecule has 0 radical (unpaired) electrons. The number of hydrogen-bond acceptors (Lipinski definition) is 5. The second-order valence-corrected chi connectivity index (χ2v) is 9.22. The lowest BCUT2D eigenvalue weighted by atomic mass is 10.0. The van der Waals surface area contributed by atoms with E-state index in [1.807, 2.05) is 26.0 Å². The summed E-state index contributed by atoms with van der Waals surface area (Å²) in [6, 6.07) is 5.61. The van der Waals surface area contributed by atoms with Crippen molar-refractivity contribution >= 4 is 20.8 Å². The van der Waals surface area contributed by atoms with Crippen LogP contribution in [-0.4, -0.2) is 38.4 Å². The quantitative estimate of drug-likeness (QED) is 0.792. The maximum absolute atomic E-state index is 11.9. The first kappa shape index (κ1) is 17.2. The van der Waals surface area contributed by atoms with Gasteiger partial charge >= 0.3 is 5.63 Å². The number of hydrogen-bond donors (Lipinski definition) is 0. The third-order valence-corrected chi connectivity index (χ3v) is 5.64. The molecule has 1 aliphatic rings. The van der Waals surface area contributed by atoms with Gasteiger partial charge in [0.05, 0.1) is 5.75 Å². The Bertz CT molecular complexity index is 930. The Morgan fingerprint density at radius 3 is 2.71 bits per heavy atom. The van der Waals surface area contributed by atoms with Crippen LogP contribution < -0.4 is 5.63 Å². The zero-order valence-electron chi connectivity index (χ0n) is 14.3. The molecular weight excluding hydrogens is 326 g/mol. The van der Waals surface area contributed by atoms with Crippen molar-refractivity contribution in [1.29, 1.82) is 0 Å². The van der Waals surface area contributed by atoms with E-state index in [0.29, 0.717) is 12.1 Å². The van der Waals surface area contributed by atoms with Gasteiger partial charge in [-0.15, -0.1) is 0 Å². The number of likely N-dealkylation sites (tertiary alicyclic amines) is 1. The number of rotatable bonds is 4. The summed E-state index contributed by atoms with van der Waals surface area (Å²) in [5.41, 5.74) is 3.35. The lowest BCUT2D eigenvalue weighted by Gasteiger charge is -2.17. The van der Waals surface area contributed by atoms with Gasteiger partial charge in [-0.25, -0.2) is 13.2 Å². The van der Waals surface area contributed by atoms with Crippen LogP contribution in [0.1, 0.15) is 23.1 Å². The van der Waals surface area contributed by atoms with E-state index in [0.717, 1.165) is 41.6 Å². The van der Waals surface area contributed by atoms with Gasteiger partial charge in [-0.1, -0.05) is 6.07 Å². The highest BCUT2D eigenvalue weighted by molar-refractivity contribution is 7.90. The summed E-state index contributed by atoms with van der Waals surface area (Å²) >= 11 is 0. The zero-order chi connectivity index (χ0) is 17.5. The molecule has 2 heterocycles. The highest BCUT2D eigenvalue weighted by Gasteiger charge is 2.26. The largest absolute Gasteiger partial charge is 0.422 e. The molecule has 5 nitrogen and oxygen atoms in total. The van der Waals surface area contributed by atoms with Crippen LogP contribution in [0.3, 0.4) is 0 Å². The van der Waals surface area contributed by atoms with Gasteiger partial charge < -0.3 is 4.42 Å². The van der Waals surface area contributed by atoms with Gasteiger partial charge in [0.1, 0.15) is 15.4 Å². The van der Waals surface area contributed by atoms with Crippen LogP contribution in [0.15, 0.2) is 27.4 Å². The summed E-state index contributed by atoms with van der Waals surface area (Å²) in [4.78, 5) is 14.1. The minimum Gasteiger partial charge on any atom is -0.422 e. The smallest absolute Gasteiger partial charge is 0.336 e. The zero-order valence-corrected chi connectivity index (χ0v) is 15.1. The first-order valence-corrected chi connectivity index (χ1v) is 10.2. The van der Waals surface area contributed by atoms with Crippen molar-refractivity contribution in [3.63, 3.8) is 0 Å². The maximum Gasteiger partial charge on any atom is 0.336 e. The fourth-order valence-electron chi connectivity index (χ4n) is 3.67. The average molecular weight is 349 g/mol. The highest BCUT2D eigenvalue weighted by Crippen LogP contribution is 2.26. The van der Waals surface area contributed by atoms with E-state index in [1.165, 1.54) is 6.26 Å². The van der Waals surface area contributed by atoms with Crippen molar-refractivity contribution in [1.82, 2.24) is 4.90 Å². The highest BCUT2D eigenvalue weighted by atomic mass is 32.2. The predicted octanol–water partition coefficient (Wildman–Crippen LogP) is 2.28. The Morgan fingerprint density at radius 1 is 1.25 bits per heavy atom. The van der Waals surface area contributed by atoms with Crippen molar-refractivity contribution in [3.05, 3.63) is 45.3 Å². The third-order valence-electron chi connectivity index (χ3n) is 4.56.